The van der Waals surface area contributed by atoms with Crippen LogP contribution in [0.1, 0.15) is 38.8 Å². The summed E-state index contributed by atoms with van der Waals surface area (Å²) in [6, 6.07) is 46.9. The molecule has 0 spiro atoms. The van der Waals surface area contributed by atoms with Crippen molar-refractivity contribution in [1.82, 2.24) is 0 Å². The standard InChI is InChI=1S/C42H37N3O5S/c1-30-17-21-34(22-18-30)45-41(37-15-9-10-16-40(37)50-29-32-13-7-4-8-14-32)44(28-31-11-5-3-6-12-31)39-26-25-36(27-38(39)42(45)46)51(47,48)43-33-19-23-35(49-2)24-20-33/h3-27,41,43H,28-29H2,1-2H3/t41-/m1/s1. The minimum absolute atomic E-state index is 0.0287. The normalized spacial score (nSPS) is 14.2. The number of ether oxygens (including phenoxy) is 2. The van der Waals surface area contributed by atoms with Gasteiger partial charge < -0.3 is 14.4 Å². The molecule has 1 amide bonds. The molecule has 1 N–H and O–H groups in total. The predicted molar refractivity (Wildman–Crippen MR) is 201 cm³/mol. The molecule has 0 saturated carbocycles. The van der Waals surface area contributed by atoms with Gasteiger partial charge in [0.05, 0.1) is 23.3 Å². The van der Waals surface area contributed by atoms with Crippen LogP contribution in [-0.2, 0) is 23.2 Å². The van der Waals surface area contributed by atoms with E-state index in [1.54, 1.807) is 48.4 Å². The number of nitrogens with zero attached hydrogens (tertiary/aromatic N) is 2. The second kappa shape index (κ2) is 14.4. The van der Waals surface area contributed by atoms with Gasteiger partial charge in [0.15, 0.2) is 0 Å². The number of sulfonamides is 1. The Morgan fingerprint density at radius 1 is 0.725 bits per heavy atom. The Bertz CT molecular complexity index is 2250. The van der Waals surface area contributed by atoms with Crippen molar-refractivity contribution < 1.29 is 22.7 Å². The van der Waals surface area contributed by atoms with E-state index in [0.29, 0.717) is 41.7 Å². The van der Waals surface area contributed by atoms with Gasteiger partial charge in [-0.1, -0.05) is 96.6 Å². The lowest BCUT2D eigenvalue weighted by atomic mass is 9.98. The third-order valence-corrected chi connectivity index (χ3v) is 10.2. The molecule has 0 radical (unpaired) electrons. The minimum Gasteiger partial charge on any atom is -0.497 e. The van der Waals surface area contributed by atoms with Gasteiger partial charge in [-0.3, -0.25) is 14.4 Å². The van der Waals surface area contributed by atoms with E-state index in [4.69, 9.17) is 9.47 Å². The van der Waals surface area contributed by atoms with E-state index in [2.05, 4.69) is 9.62 Å². The Morgan fingerprint density at radius 3 is 2.06 bits per heavy atom. The predicted octanol–water partition coefficient (Wildman–Crippen LogP) is 8.75. The van der Waals surface area contributed by atoms with Crippen LogP contribution in [0.15, 0.2) is 157 Å². The zero-order valence-electron chi connectivity index (χ0n) is 28.3. The van der Waals surface area contributed by atoms with Gasteiger partial charge in [0.1, 0.15) is 24.3 Å². The Hall–Kier alpha value is -6.06. The van der Waals surface area contributed by atoms with Crippen LogP contribution in [0.3, 0.4) is 0 Å². The molecule has 256 valence electrons. The van der Waals surface area contributed by atoms with E-state index in [-0.39, 0.29) is 16.4 Å². The maximum absolute atomic E-state index is 14.9. The zero-order chi connectivity index (χ0) is 35.4. The summed E-state index contributed by atoms with van der Waals surface area (Å²) in [6.07, 6.45) is -0.639. The molecule has 0 bridgehead atoms. The molecule has 1 heterocycles. The van der Waals surface area contributed by atoms with Crippen LogP contribution in [0.5, 0.6) is 11.5 Å². The molecule has 6 aromatic rings. The first-order chi connectivity index (χ1) is 24.8. The van der Waals surface area contributed by atoms with Gasteiger partial charge in [-0.25, -0.2) is 8.42 Å². The van der Waals surface area contributed by atoms with Gasteiger partial charge >= 0.3 is 0 Å². The molecule has 1 aliphatic heterocycles. The van der Waals surface area contributed by atoms with Crippen LogP contribution in [-0.4, -0.2) is 21.4 Å². The number of carbonyl (C=O) groups is 1. The number of hydrogen-bond donors (Lipinski definition) is 1. The van der Waals surface area contributed by atoms with Gasteiger partial charge in [-0.05, 0) is 78.7 Å². The van der Waals surface area contributed by atoms with E-state index >= 15 is 0 Å². The van der Waals surface area contributed by atoms with Crippen LogP contribution >= 0.6 is 0 Å². The number of anilines is 3. The lowest BCUT2D eigenvalue weighted by Gasteiger charge is -2.46. The molecule has 1 aliphatic rings. The highest BCUT2D eigenvalue weighted by Gasteiger charge is 2.41. The molecule has 1 atom stereocenters. The molecule has 0 aliphatic carbocycles. The van der Waals surface area contributed by atoms with Crippen molar-refractivity contribution in [3.8, 4) is 11.5 Å². The largest absolute Gasteiger partial charge is 0.497 e. The quantitative estimate of drug-likeness (QED) is 0.146. The summed E-state index contributed by atoms with van der Waals surface area (Å²) in [4.78, 5) is 18.8. The van der Waals surface area contributed by atoms with Gasteiger partial charge in [0.2, 0.25) is 0 Å². The van der Waals surface area contributed by atoms with E-state index in [0.717, 1.165) is 22.3 Å². The van der Waals surface area contributed by atoms with Crippen molar-refractivity contribution in [3.63, 3.8) is 0 Å². The Kier molecular flexibility index (Phi) is 9.46. The summed E-state index contributed by atoms with van der Waals surface area (Å²) >= 11 is 0. The topological polar surface area (TPSA) is 88.2 Å². The fraction of sp³-hybridized carbons (Fsp3) is 0.119. The third-order valence-electron chi connectivity index (χ3n) is 8.86. The van der Waals surface area contributed by atoms with Gasteiger partial charge in [-0.2, -0.15) is 0 Å². The van der Waals surface area contributed by atoms with Crippen molar-refractivity contribution in [1.29, 1.82) is 0 Å². The van der Waals surface area contributed by atoms with E-state index < -0.39 is 16.2 Å². The smallest absolute Gasteiger partial charge is 0.262 e. The van der Waals surface area contributed by atoms with Crippen molar-refractivity contribution in [3.05, 3.63) is 179 Å². The van der Waals surface area contributed by atoms with E-state index in [1.807, 2.05) is 116 Å². The van der Waals surface area contributed by atoms with Crippen LogP contribution in [0.2, 0.25) is 0 Å². The maximum Gasteiger partial charge on any atom is 0.262 e. The van der Waals surface area contributed by atoms with Gasteiger partial charge in [0, 0.05) is 23.5 Å². The number of carbonyl (C=O) groups excluding carboxylic acids is 1. The van der Waals surface area contributed by atoms with Gasteiger partial charge in [0.25, 0.3) is 15.9 Å². The summed E-state index contributed by atoms with van der Waals surface area (Å²) in [5.41, 5.74) is 5.80. The van der Waals surface area contributed by atoms with Crippen LogP contribution in [0.25, 0.3) is 0 Å². The van der Waals surface area contributed by atoms with Crippen LogP contribution < -0.4 is 24.0 Å². The van der Waals surface area contributed by atoms with Gasteiger partial charge in [-0.15, -0.1) is 0 Å². The first-order valence-electron chi connectivity index (χ1n) is 16.6. The molecule has 0 unspecified atom stereocenters. The monoisotopic (exact) mass is 695 g/mol. The van der Waals surface area contributed by atoms with Crippen molar-refractivity contribution >= 4 is 33.0 Å². The molecular weight excluding hydrogens is 659 g/mol. The lowest BCUT2D eigenvalue weighted by Crippen LogP contribution is -2.49. The molecule has 8 nitrogen and oxygen atoms in total. The lowest BCUT2D eigenvalue weighted by molar-refractivity contribution is 0.0967. The number of amides is 1. The molecule has 0 aromatic heterocycles. The highest BCUT2D eigenvalue weighted by molar-refractivity contribution is 7.92. The van der Waals surface area contributed by atoms with Crippen molar-refractivity contribution in [2.45, 2.75) is 31.1 Å². The maximum atomic E-state index is 14.9. The Morgan fingerprint density at radius 2 is 1.37 bits per heavy atom. The second-order valence-electron chi connectivity index (χ2n) is 12.3. The van der Waals surface area contributed by atoms with Crippen molar-refractivity contribution in [2.24, 2.45) is 0 Å². The molecule has 51 heavy (non-hydrogen) atoms. The number of rotatable bonds is 11. The average Bonchev–Trinajstić information content (AvgIpc) is 3.16. The SMILES string of the molecule is COc1ccc(NS(=O)(=O)c2ccc3c(c2)C(=O)N(c2ccc(C)cc2)[C@H](c2ccccc2OCc2ccccc2)N3Cc2ccccc2)cc1. The summed E-state index contributed by atoms with van der Waals surface area (Å²) < 4.78 is 41.8. The Balaban J connectivity index is 1.37. The zero-order valence-corrected chi connectivity index (χ0v) is 29.1. The van der Waals surface area contributed by atoms with E-state index in [1.165, 1.54) is 6.07 Å². The number of methoxy groups -OCH3 is 1. The van der Waals surface area contributed by atoms with Crippen LogP contribution in [0.4, 0.5) is 17.1 Å². The second-order valence-corrected chi connectivity index (χ2v) is 14.0. The molecular formula is C42H37N3O5S. The summed E-state index contributed by atoms with van der Waals surface area (Å²) in [5, 5.41) is 0. The molecule has 9 heteroatoms. The number of hydrogen-bond acceptors (Lipinski definition) is 6. The summed E-state index contributed by atoms with van der Waals surface area (Å²) in [7, 11) is -2.51. The summed E-state index contributed by atoms with van der Waals surface area (Å²) in [5.74, 6) is 0.914. The molecule has 0 saturated heterocycles. The average molecular weight is 696 g/mol. The molecule has 0 fully saturated rings. The third kappa shape index (κ3) is 7.15. The number of aryl methyl sites for hydroxylation is 1. The fourth-order valence-electron chi connectivity index (χ4n) is 6.27. The number of fused-ring (bicyclic) bond motifs is 1. The Labute approximate surface area is 298 Å². The fourth-order valence-corrected chi connectivity index (χ4v) is 7.36. The first-order valence-corrected chi connectivity index (χ1v) is 18.1. The molecule has 7 rings (SSSR count). The van der Waals surface area contributed by atoms with Crippen molar-refractivity contribution in [2.75, 3.05) is 21.6 Å². The number of benzene rings is 6. The minimum atomic E-state index is -4.06. The highest BCUT2D eigenvalue weighted by Crippen LogP contribution is 2.45. The molecule has 6 aromatic carbocycles. The number of para-hydroxylation sites is 1. The summed E-state index contributed by atoms with van der Waals surface area (Å²) in [6.45, 7) is 2.77. The number of nitrogens with one attached hydrogen (secondary N) is 1. The highest BCUT2D eigenvalue weighted by atomic mass is 32.2. The van der Waals surface area contributed by atoms with Crippen LogP contribution in [0, 0.1) is 6.92 Å². The van der Waals surface area contributed by atoms with E-state index in [9.17, 15) is 13.2 Å². The first kappa shape index (κ1) is 33.4.